The number of ether oxygens (including phenoxy) is 1. The summed E-state index contributed by atoms with van der Waals surface area (Å²) < 4.78 is 8.48. The number of hydrogen-bond donors (Lipinski definition) is 0. The van der Waals surface area contributed by atoms with E-state index in [4.69, 9.17) is 9.72 Å². The van der Waals surface area contributed by atoms with Crippen molar-refractivity contribution in [1.82, 2.24) is 9.66 Å². The zero-order valence-electron chi connectivity index (χ0n) is 20.2. The van der Waals surface area contributed by atoms with E-state index in [9.17, 15) is 4.79 Å². The number of fused-ring (bicyclic) bond motifs is 2. The number of halogens is 1. The molecule has 0 aliphatic carbocycles. The van der Waals surface area contributed by atoms with E-state index in [0.29, 0.717) is 29.1 Å². The van der Waals surface area contributed by atoms with Gasteiger partial charge < -0.3 is 4.74 Å². The summed E-state index contributed by atoms with van der Waals surface area (Å²) in [5, 5.41) is 7.49. The van der Waals surface area contributed by atoms with Crippen LogP contribution in [0, 0.1) is 0 Å². The Kier molecular flexibility index (Phi) is 6.96. The van der Waals surface area contributed by atoms with Crippen molar-refractivity contribution in [2.45, 2.75) is 32.8 Å². The fourth-order valence-corrected chi connectivity index (χ4v) is 4.55. The SMILES string of the molecule is CC[C@H](C)c1nc2ccc(Br)cc2c(=O)n1N=Cc1ccccc1OCc1cccc2ccccc12. The number of aromatic nitrogens is 2. The van der Waals surface area contributed by atoms with Crippen molar-refractivity contribution in [3.63, 3.8) is 0 Å². The molecule has 0 unspecified atom stereocenters. The van der Waals surface area contributed by atoms with Crippen LogP contribution in [0.2, 0.25) is 0 Å². The average molecular weight is 540 g/mol. The number of para-hydroxylation sites is 1. The van der Waals surface area contributed by atoms with Gasteiger partial charge in [0.1, 0.15) is 18.2 Å². The Morgan fingerprint density at radius 1 is 1.00 bits per heavy atom. The van der Waals surface area contributed by atoms with Crippen molar-refractivity contribution < 1.29 is 4.74 Å². The van der Waals surface area contributed by atoms with Gasteiger partial charge in [-0.2, -0.15) is 9.78 Å². The van der Waals surface area contributed by atoms with Crippen LogP contribution in [0.25, 0.3) is 21.7 Å². The molecule has 0 aliphatic rings. The molecule has 1 aromatic heterocycles. The Morgan fingerprint density at radius 2 is 1.78 bits per heavy atom. The second kappa shape index (κ2) is 10.5. The molecule has 180 valence electrons. The first-order chi connectivity index (χ1) is 17.5. The van der Waals surface area contributed by atoms with Crippen LogP contribution in [0.15, 0.2) is 99.3 Å². The summed E-state index contributed by atoms with van der Waals surface area (Å²) in [6.07, 6.45) is 2.52. The Hall–Kier alpha value is -3.77. The lowest BCUT2D eigenvalue weighted by atomic mass is 10.1. The average Bonchev–Trinajstić information content (AvgIpc) is 2.91. The standard InChI is InChI=1S/C30H26BrN3O2/c1-3-20(2)29-33-27-16-15-24(31)17-26(27)30(35)34(29)32-18-22-10-5-7-14-28(22)36-19-23-12-8-11-21-9-4-6-13-25(21)23/h4-18,20H,3,19H2,1-2H3/t20-/m0/s1. The van der Waals surface area contributed by atoms with E-state index in [0.717, 1.165) is 22.0 Å². The van der Waals surface area contributed by atoms with Crippen molar-refractivity contribution in [2.75, 3.05) is 0 Å². The van der Waals surface area contributed by atoms with Crippen LogP contribution in [0.1, 0.15) is 43.1 Å². The smallest absolute Gasteiger partial charge is 0.282 e. The summed E-state index contributed by atoms with van der Waals surface area (Å²) in [5.74, 6) is 1.41. The highest BCUT2D eigenvalue weighted by Gasteiger charge is 2.16. The molecule has 0 fully saturated rings. The first-order valence-electron chi connectivity index (χ1n) is 12.0. The van der Waals surface area contributed by atoms with Gasteiger partial charge in [-0.25, -0.2) is 4.98 Å². The minimum absolute atomic E-state index is 0.0701. The molecule has 0 saturated carbocycles. The lowest BCUT2D eigenvalue weighted by Crippen LogP contribution is -2.23. The van der Waals surface area contributed by atoms with Gasteiger partial charge in [0.2, 0.25) is 0 Å². The fraction of sp³-hybridized carbons (Fsp3) is 0.167. The summed E-state index contributed by atoms with van der Waals surface area (Å²) in [4.78, 5) is 18.2. The van der Waals surface area contributed by atoms with Crippen LogP contribution in [0.4, 0.5) is 0 Å². The van der Waals surface area contributed by atoms with Gasteiger partial charge >= 0.3 is 0 Å². The Bertz CT molecular complexity index is 1640. The van der Waals surface area contributed by atoms with E-state index in [1.54, 1.807) is 12.3 Å². The first-order valence-corrected chi connectivity index (χ1v) is 12.8. The zero-order valence-corrected chi connectivity index (χ0v) is 21.8. The highest BCUT2D eigenvalue weighted by Crippen LogP contribution is 2.24. The number of nitrogens with zero attached hydrogens (tertiary/aromatic N) is 3. The second-order valence-corrected chi connectivity index (χ2v) is 9.68. The Morgan fingerprint density at radius 3 is 2.64 bits per heavy atom. The Balaban J connectivity index is 1.50. The summed E-state index contributed by atoms with van der Waals surface area (Å²) in [5.41, 5.74) is 2.37. The van der Waals surface area contributed by atoms with Crippen LogP contribution >= 0.6 is 15.9 Å². The minimum atomic E-state index is -0.193. The molecule has 1 heterocycles. The van der Waals surface area contributed by atoms with Crippen molar-refractivity contribution in [1.29, 1.82) is 0 Å². The van der Waals surface area contributed by atoms with Crippen LogP contribution in [0.3, 0.4) is 0 Å². The zero-order chi connectivity index (χ0) is 25.1. The number of rotatable bonds is 7. The molecule has 0 spiro atoms. The molecule has 6 heteroatoms. The molecule has 0 saturated heterocycles. The highest BCUT2D eigenvalue weighted by atomic mass is 79.9. The lowest BCUT2D eigenvalue weighted by molar-refractivity contribution is 0.307. The van der Waals surface area contributed by atoms with Crippen molar-refractivity contribution in [3.8, 4) is 5.75 Å². The van der Waals surface area contributed by atoms with Gasteiger partial charge in [-0.15, -0.1) is 0 Å². The van der Waals surface area contributed by atoms with E-state index in [2.05, 4.69) is 59.1 Å². The van der Waals surface area contributed by atoms with Crippen LogP contribution in [0.5, 0.6) is 5.75 Å². The van der Waals surface area contributed by atoms with Crippen LogP contribution in [-0.2, 0) is 6.61 Å². The predicted molar refractivity (Wildman–Crippen MR) is 150 cm³/mol. The normalized spacial score (nSPS) is 12.4. The summed E-state index contributed by atoms with van der Waals surface area (Å²) in [7, 11) is 0. The summed E-state index contributed by atoms with van der Waals surface area (Å²) >= 11 is 3.46. The molecule has 4 aromatic carbocycles. The van der Waals surface area contributed by atoms with Gasteiger partial charge in [-0.1, -0.05) is 84.4 Å². The third-order valence-corrected chi connectivity index (χ3v) is 6.87. The number of benzene rings is 4. The predicted octanol–water partition coefficient (Wildman–Crippen LogP) is 7.29. The maximum absolute atomic E-state index is 13.4. The van der Waals surface area contributed by atoms with Crippen molar-refractivity contribution in [3.05, 3.63) is 117 Å². The molecule has 0 N–H and O–H groups in total. The van der Waals surface area contributed by atoms with E-state index in [-0.39, 0.29) is 11.5 Å². The van der Waals surface area contributed by atoms with Gasteiger partial charge in [0, 0.05) is 16.0 Å². The molecule has 0 bridgehead atoms. The third-order valence-electron chi connectivity index (χ3n) is 6.38. The van der Waals surface area contributed by atoms with Gasteiger partial charge in [-0.05, 0) is 53.1 Å². The molecule has 0 radical (unpaired) electrons. The molecular formula is C30H26BrN3O2. The maximum Gasteiger partial charge on any atom is 0.282 e. The molecule has 5 aromatic rings. The second-order valence-electron chi connectivity index (χ2n) is 8.77. The first kappa shape index (κ1) is 23.9. The van der Waals surface area contributed by atoms with E-state index in [1.807, 2.05) is 54.6 Å². The van der Waals surface area contributed by atoms with E-state index >= 15 is 0 Å². The quantitative estimate of drug-likeness (QED) is 0.204. The molecule has 5 rings (SSSR count). The lowest BCUT2D eigenvalue weighted by Gasteiger charge is -2.14. The maximum atomic E-state index is 13.4. The van der Waals surface area contributed by atoms with Crippen LogP contribution < -0.4 is 10.3 Å². The van der Waals surface area contributed by atoms with E-state index in [1.165, 1.54) is 15.4 Å². The topological polar surface area (TPSA) is 56.5 Å². The fourth-order valence-electron chi connectivity index (χ4n) is 4.19. The molecule has 0 aliphatic heterocycles. The summed E-state index contributed by atoms with van der Waals surface area (Å²) in [6.45, 7) is 4.56. The summed E-state index contributed by atoms with van der Waals surface area (Å²) in [6, 6.07) is 27.8. The van der Waals surface area contributed by atoms with Gasteiger partial charge in [0.15, 0.2) is 0 Å². The largest absolute Gasteiger partial charge is 0.488 e. The van der Waals surface area contributed by atoms with Gasteiger partial charge in [-0.3, -0.25) is 4.79 Å². The van der Waals surface area contributed by atoms with E-state index < -0.39 is 0 Å². The molecule has 0 amide bonds. The Labute approximate surface area is 218 Å². The van der Waals surface area contributed by atoms with Crippen molar-refractivity contribution >= 4 is 43.8 Å². The highest BCUT2D eigenvalue weighted by molar-refractivity contribution is 9.10. The van der Waals surface area contributed by atoms with Crippen LogP contribution in [-0.4, -0.2) is 15.9 Å². The molecule has 5 nitrogen and oxygen atoms in total. The minimum Gasteiger partial charge on any atom is -0.488 e. The van der Waals surface area contributed by atoms with Gasteiger partial charge in [0.25, 0.3) is 5.56 Å². The molecule has 36 heavy (non-hydrogen) atoms. The monoisotopic (exact) mass is 539 g/mol. The van der Waals surface area contributed by atoms with Gasteiger partial charge in [0.05, 0.1) is 17.1 Å². The third kappa shape index (κ3) is 4.82. The number of hydrogen-bond acceptors (Lipinski definition) is 4. The molecule has 1 atom stereocenters. The molecular weight excluding hydrogens is 514 g/mol. The van der Waals surface area contributed by atoms with Crippen molar-refractivity contribution in [2.24, 2.45) is 5.10 Å².